The van der Waals surface area contributed by atoms with Gasteiger partial charge in [0.05, 0.1) is 6.04 Å². The zero-order valence-corrected chi connectivity index (χ0v) is 11.5. The van der Waals surface area contributed by atoms with E-state index in [1.807, 2.05) is 56.1 Å². The van der Waals surface area contributed by atoms with Crippen molar-refractivity contribution in [3.8, 4) is 0 Å². The minimum atomic E-state index is -0.798. The Balaban J connectivity index is 2.27. The molecule has 1 N–H and O–H groups in total. The summed E-state index contributed by atoms with van der Waals surface area (Å²) in [5.74, 6) is -0.00337. The molecule has 4 heteroatoms. The first kappa shape index (κ1) is 13.6. The van der Waals surface area contributed by atoms with Crippen LogP contribution in [0.5, 0.6) is 0 Å². The van der Waals surface area contributed by atoms with Gasteiger partial charge in [0.15, 0.2) is 0 Å². The Hall–Kier alpha value is -1.81. The number of hydrogen-bond acceptors (Lipinski definition) is 3. The molecule has 0 spiro atoms. The lowest BCUT2D eigenvalue weighted by atomic mass is 10.1. The van der Waals surface area contributed by atoms with E-state index in [0.717, 1.165) is 16.7 Å². The fourth-order valence-electron chi connectivity index (χ4n) is 2.32. The van der Waals surface area contributed by atoms with Crippen molar-refractivity contribution < 1.29 is 14.3 Å². The first-order valence-electron chi connectivity index (χ1n) is 6.47. The highest BCUT2D eigenvalue weighted by Gasteiger charge is 2.27. The number of likely N-dealkylation sites (N-methyl/N-ethyl adjacent to an activating group) is 1. The summed E-state index contributed by atoms with van der Waals surface area (Å²) in [6.45, 7) is 3.84. The smallest absolute Gasteiger partial charge is 0.320 e. The van der Waals surface area contributed by atoms with E-state index >= 15 is 0 Å². The van der Waals surface area contributed by atoms with Gasteiger partial charge in [-0.25, -0.2) is 0 Å². The zero-order valence-electron chi connectivity index (χ0n) is 11.5. The molecule has 2 unspecified atom stereocenters. The van der Waals surface area contributed by atoms with E-state index in [1.54, 1.807) is 0 Å². The van der Waals surface area contributed by atoms with Crippen LogP contribution in [0.4, 0.5) is 0 Å². The van der Waals surface area contributed by atoms with Crippen LogP contribution in [0.3, 0.4) is 0 Å². The van der Waals surface area contributed by atoms with Gasteiger partial charge in [-0.3, -0.25) is 9.69 Å². The molecule has 2 aromatic rings. The van der Waals surface area contributed by atoms with Gasteiger partial charge < -0.3 is 9.52 Å². The molecule has 4 nitrogen and oxygen atoms in total. The third-order valence-electron chi connectivity index (χ3n) is 3.63. The SMILES string of the molecule is CCC(C(=O)O)N(C)C(C)c1cc2ccccc2o1. The summed E-state index contributed by atoms with van der Waals surface area (Å²) in [7, 11) is 1.82. The fourth-order valence-corrected chi connectivity index (χ4v) is 2.32. The van der Waals surface area contributed by atoms with E-state index in [0.29, 0.717) is 6.42 Å². The molecule has 1 aromatic heterocycles. The number of rotatable bonds is 5. The molecule has 0 aliphatic carbocycles. The molecule has 0 bridgehead atoms. The van der Waals surface area contributed by atoms with Gasteiger partial charge in [0, 0.05) is 5.39 Å². The molecule has 0 aliphatic heterocycles. The third kappa shape index (κ3) is 2.63. The maximum absolute atomic E-state index is 11.2. The van der Waals surface area contributed by atoms with Crippen molar-refractivity contribution in [3.05, 3.63) is 36.1 Å². The molecule has 0 aliphatic rings. The first-order valence-corrected chi connectivity index (χ1v) is 6.47. The third-order valence-corrected chi connectivity index (χ3v) is 3.63. The molecule has 19 heavy (non-hydrogen) atoms. The molecular weight excluding hydrogens is 242 g/mol. The molecule has 0 amide bonds. The maximum atomic E-state index is 11.2. The van der Waals surface area contributed by atoms with Crippen molar-refractivity contribution in [1.29, 1.82) is 0 Å². The number of benzene rings is 1. The Kier molecular flexibility index (Phi) is 3.90. The highest BCUT2D eigenvalue weighted by molar-refractivity contribution is 5.78. The van der Waals surface area contributed by atoms with Crippen LogP contribution in [0.2, 0.25) is 0 Å². The maximum Gasteiger partial charge on any atom is 0.320 e. The summed E-state index contributed by atoms with van der Waals surface area (Å²) in [6, 6.07) is 9.20. The van der Waals surface area contributed by atoms with Crippen LogP contribution in [-0.4, -0.2) is 29.1 Å². The predicted octanol–water partition coefficient (Wildman–Crippen LogP) is 3.29. The lowest BCUT2D eigenvalue weighted by molar-refractivity contribution is -0.143. The van der Waals surface area contributed by atoms with Gasteiger partial charge in [0.2, 0.25) is 0 Å². The highest BCUT2D eigenvalue weighted by Crippen LogP contribution is 2.28. The Morgan fingerprint density at radius 1 is 1.42 bits per heavy atom. The van der Waals surface area contributed by atoms with Crippen molar-refractivity contribution in [1.82, 2.24) is 4.90 Å². The molecular formula is C15H19NO3. The van der Waals surface area contributed by atoms with E-state index in [1.165, 1.54) is 0 Å². The van der Waals surface area contributed by atoms with E-state index < -0.39 is 12.0 Å². The summed E-state index contributed by atoms with van der Waals surface area (Å²) >= 11 is 0. The monoisotopic (exact) mass is 261 g/mol. The van der Waals surface area contributed by atoms with Crippen LogP contribution in [0.25, 0.3) is 11.0 Å². The van der Waals surface area contributed by atoms with Gasteiger partial charge in [-0.2, -0.15) is 0 Å². The highest BCUT2D eigenvalue weighted by atomic mass is 16.4. The number of carboxylic acids is 1. The minimum absolute atomic E-state index is 0.0755. The number of hydrogen-bond donors (Lipinski definition) is 1. The standard InChI is InChI=1S/C15H19NO3/c1-4-12(15(17)18)16(3)10(2)14-9-11-7-5-6-8-13(11)19-14/h5-10,12H,4H2,1-3H3,(H,17,18). The second-order valence-corrected chi connectivity index (χ2v) is 4.79. The zero-order chi connectivity index (χ0) is 14.0. The normalized spacial score (nSPS) is 14.7. The number of aliphatic carboxylic acids is 1. The summed E-state index contributed by atoms with van der Waals surface area (Å²) in [6.07, 6.45) is 0.566. The Bertz CT molecular complexity index is 543. The van der Waals surface area contributed by atoms with E-state index in [-0.39, 0.29) is 6.04 Å². The molecule has 0 saturated heterocycles. The number of carbonyl (C=O) groups is 1. The topological polar surface area (TPSA) is 53.7 Å². The quantitative estimate of drug-likeness (QED) is 0.897. The summed E-state index contributed by atoms with van der Waals surface area (Å²) in [4.78, 5) is 13.0. The molecule has 0 fully saturated rings. The molecule has 1 heterocycles. The second kappa shape index (κ2) is 5.45. The Morgan fingerprint density at radius 2 is 2.11 bits per heavy atom. The number of nitrogens with zero attached hydrogens (tertiary/aromatic N) is 1. The van der Waals surface area contributed by atoms with Crippen molar-refractivity contribution in [2.24, 2.45) is 0 Å². The van der Waals surface area contributed by atoms with Gasteiger partial charge in [0.25, 0.3) is 0 Å². The average Bonchev–Trinajstić information content (AvgIpc) is 2.81. The van der Waals surface area contributed by atoms with Crippen LogP contribution in [0.1, 0.15) is 32.1 Å². The van der Waals surface area contributed by atoms with Gasteiger partial charge in [-0.15, -0.1) is 0 Å². The molecule has 102 valence electrons. The average molecular weight is 261 g/mol. The summed E-state index contributed by atoms with van der Waals surface area (Å²) < 4.78 is 5.79. The fraction of sp³-hybridized carbons (Fsp3) is 0.400. The molecule has 0 radical (unpaired) electrons. The van der Waals surface area contributed by atoms with Gasteiger partial charge in [-0.1, -0.05) is 25.1 Å². The second-order valence-electron chi connectivity index (χ2n) is 4.79. The molecule has 2 atom stereocenters. The van der Waals surface area contributed by atoms with Gasteiger partial charge in [0.1, 0.15) is 17.4 Å². The van der Waals surface area contributed by atoms with Gasteiger partial charge >= 0.3 is 5.97 Å². The van der Waals surface area contributed by atoms with E-state index in [9.17, 15) is 9.90 Å². The van der Waals surface area contributed by atoms with E-state index in [4.69, 9.17) is 4.42 Å². The summed E-state index contributed by atoms with van der Waals surface area (Å²) in [5.41, 5.74) is 0.834. The number of carboxylic acid groups (broad SMARTS) is 1. The van der Waals surface area contributed by atoms with Crippen molar-refractivity contribution >= 4 is 16.9 Å². The van der Waals surface area contributed by atoms with Crippen molar-refractivity contribution in [2.75, 3.05) is 7.05 Å². The van der Waals surface area contributed by atoms with E-state index in [2.05, 4.69) is 0 Å². The largest absolute Gasteiger partial charge is 0.480 e. The Labute approximate surface area is 112 Å². The Morgan fingerprint density at radius 3 is 2.68 bits per heavy atom. The minimum Gasteiger partial charge on any atom is -0.480 e. The van der Waals surface area contributed by atoms with Crippen LogP contribution < -0.4 is 0 Å². The van der Waals surface area contributed by atoms with Crippen LogP contribution >= 0.6 is 0 Å². The van der Waals surface area contributed by atoms with Gasteiger partial charge in [-0.05, 0) is 32.5 Å². The number of fused-ring (bicyclic) bond motifs is 1. The van der Waals surface area contributed by atoms with Crippen molar-refractivity contribution in [2.45, 2.75) is 32.4 Å². The number of furan rings is 1. The molecule has 0 saturated carbocycles. The lowest BCUT2D eigenvalue weighted by Gasteiger charge is -2.28. The van der Waals surface area contributed by atoms with Crippen LogP contribution in [0, 0.1) is 0 Å². The lowest BCUT2D eigenvalue weighted by Crippen LogP contribution is -2.39. The van der Waals surface area contributed by atoms with Crippen LogP contribution in [-0.2, 0) is 4.79 Å². The molecule has 1 aromatic carbocycles. The predicted molar refractivity (Wildman–Crippen MR) is 74.1 cm³/mol. The first-order chi connectivity index (χ1) is 9.04. The molecule has 2 rings (SSSR count). The van der Waals surface area contributed by atoms with Crippen LogP contribution in [0.15, 0.2) is 34.7 Å². The number of para-hydroxylation sites is 1. The summed E-state index contributed by atoms with van der Waals surface area (Å²) in [5, 5.41) is 10.2. The van der Waals surface area contributed by atoms with Crippen molar-refractivity contribution in [3.63, 3.8) is 0 Å².